The lowest BCUT2D eigenvalue weighted by molar-refractivity contribution is -0.387. The molecule has 0 unspecified atom stereocenters. The van der Waals surface area contributed by atoms with Crippen LogP contribution in [0.5, 0.6) is 0 Å². The Hall–Kier alpha value is -2.66. The molecule has 5 rings (SSSR count). The summed E-state index contributed by atoms with van der Waals surface area (Å²) in [5.74, 6) is 0. The lowest BCUT2D eigenvalue weighted by Gasteiger charge is -2.60. The van der Waals surface area contributed by atoms with Gasteiger partial charge in [-0.2, -0.15) is 0 Å². The Morgan fingerprint density at radius 1 is 0.775 bits per heavy atom. The molecule has 0 amide bonds. The number of rotatable bonds is 10. The number of fused-ring (bicyclic) bond motifs is 1. The summed E-state index contributed by atoms with van der Waals surface area (Å²) in [7, 11) is 1.42. The van der Waals surface area contributed by atoms with Gasteiger partial charge in [0.25, 0.3) is 0 Å². The van der Waals surface area contributed by atoms with Crippen LogP contribution in [0.15, 0.2) is 91.0 Å². The van der Waals surface area contributed by atoms with Crippen molar-refractivity contribution in [3.8, 4) is 0 Å². The van der Waals surface area contributed by atoms with Crippen LogP contribution in [0.1, 0.15) is 30.0 Å². The fourth-order valence-corrected chi connectivity index (χ4v) is 5.77. The van der Waals surface area contributed by atoms with Crippen molar-refractivity contribution in [3.05, 3.63) is 108 Å². The third kappa shape index (κ3) is 5.72. The monoisotopic (exact) mass is 550 g/mol. The highest BCUT2D eigenvalue weighted by Gasteiger charge is 2.69. The van der Waals surface area contributed by atoms with E-state index in [-0.39, 0.29) is 26.2 Å². The van der Waals surface area contributed by atoms with Gasteiger partial charge in [-0.3, -0.25) is 0 Å². The highest BCUT2D eigenvalue weighted by Crippen LogP contribution is 2.48. The molecule has 1 aliphatic carbocycles. The van der Waals surface area contributed by atoms with Crippen molar-refractivity contribution in [3.63, 3.8) is 0 Å². The molecule has 40 heavy (non-hydrogen) atoms. The Labute approximate surface area is 235 Å². The molecule has 0 bridgehead atoms. The molecule has 0 radical (unpaired) electrons. The van der Waals surface area contributed by atoms with Crippen LogP contribution >= 0.6 is 0 Å². The van der Waals surface area contributed by atoms with Gasteiger partial charge < -0.3 is 39.0 Å². The molecular formula is C32H38O8. The second-order valence-corrected chi connectivity index (χ2v) is 10.7. The summed E-state index contributed by atoms with van der Waals surface area (Å²) >= 11 is 0. The normalized spacial score (nSPS) is 33.8. The summed E-state index contributed by atoms with van der Waals surface area (Å²) in [4.78, 5) is 0. The molecule has 2 fully saturated rings. The fraction of sp³-hybridized carbons (Fsp3) is 0.438. The molecule has 8 nitrogen and oxygen atoms in total. The minimum atomic E-state index is -2.03. The van der Waals surface area contributed by atoms with Crippen molar-refractivity contribution in [2.24, 2.45) is 0 Å². The van der Waals surface area contributed by atoms with E-state index in [9.17, 15) is 15.3 Å². The van der Waals surface area contributed by atoms with E-state index in [2.05, 4.69) is 0 Å². The Morgan fingerprint density at radius 2 is 1.27 bits per heavy atom. The summed E-state index contributed by atoms with van der Waals surface area (Å²) in [6, 6.07) is 28.7. The maximum absolute atomic E-state index is 12.3. The van der Waals surface area contributed by atoms with Gasteiger partial charge in [0.05, 0.1) is 32.0 Å². The van der Waals surface area contributed by atoms with Gasteiger partial charge in [-0.05, 0) is 23.6 Å². The van der Waals surface area contributed by atoms with Gasteiger partial charge in [0.2, 0.25) is 0 Å². The minimum absolute atomic E-state index is 0.107. The van der Waals surface area contributed by atoms with E-state index in [1.165, 1.54) is 7.11 Å². The lowest BCUT2D eigenvalue weighted by Crippen LogP contribution is -2.80. The van der Waals surface area contributed by atoms with E-state index in [0.717, 1.165) is 16.7 Å². The first-order valence-corrected chi connectivity index (χ1v) is 13.6. The second-order valence-electron chi connectivity index (χ2n) is 10.7. The van der Waals surface area contributed by atoms with Crippen LogP contribution in [-0.4, -0.2) is 70.4 Å². The van der Waals surface area contributed by atoms with E-state index < -0.39 is 48.0 Å². The van der Waals surface area contributed by atoms with Gasteiger partial charge in [0.1, 0.15) is 29.5 Å². The van der Waals surface area contributed by atoms with Crippen molar-refractivity contribution >= 4 is 0 Å². The van der Waals surface area contributed by atoms with Crippen molar-refractivity contribution in [1.29, 1.82) is 0 Å². The van der Waals surface area contributed by atoms with Crippen LogP contribution in [0.25, 0.3) is 0 Å². The first-order chi connectivity index (χ1) is 19.4. The first kappa shape index (κ1) is 28.9. The molecule has 1 aliphatic heterocycles. The van der Waals surface area contributed by atoms with Gasteiger partial charge in [-0.1, -0.05) is 91.0 Å². The Kier molecular flexibility index (Phi) is 8.99. The van der Waals surface area contributed by atoms with Crippen LogP contribution in [0.2, 0.25) is 0 Å². The molecule has 1 saturated heterocycles. The van der Waals surface area contributed by atoms with Crippen LogP contribution in [0.4, 0.5) is 0 Å². The quantitative estimate of drug-likeness (QED) is 0.353. The number of hydrogen-bond acceptors (Lipinski definition) is 8. The molecule has 3 aromatic rings. The molecule has 8 heteroatoms. The molecule has 1 heterocycles. The third-order valence-electron chi connectivity index (χ3n) is 8.10. The third-order valence-corrected chi connectivity index (χ3v) is 8.10. The highest BCUT2D eigenvalue weighted by atomic mass is 16.7. The summed E-state index contributed by atoms with van der Waals surface area (Å²) in [6.45, 7) is 2.29. The summed E-state index contributed by atoms with van der Waals surface area (Å²) < 4.78 is 30.4. The molecule has 3 aromatic carbocycles. The zero-order valence-electron chi connectivity index (χ0n) is 22.8. The number of aliphatic hydroxyl groups excluding tert-OH is 2. The van der Waals surface area contributed by atoms with Gasteiger partial charge in [-0.15, -0.1) is 0 Å². The van der Waals surface area contributed by atoms with Crippen molar-refractivity contribution in [2.45, 2.75) is 81.2 Å². The standard InChI is InChI=1S/C32H38O8/c1-31(39-21-24-16-10-5-11-17-24)25(37-19-22-12-6-3-7-13-22)18-26-32(35,30(31)34)28(27(33)29(36-2)40-26)38-20-23-14-8-4-9-15-23/h3-17,25-30,33-35H,18-21H2,1-2H3/t25-,26+,27+,28+,29-,30-,31+,32-/m0/s1. The van der Waals surface area contributed by atoms with Gasteiger partial charge in [-0.25, -0.2) is 0 Å². The van der Waals surface area contributed by atoms with Gasteiger partial charge in [0.15, 0.2) is 6.29 Å². The Balaban J connectivity index is 1.46. The zero-order valence-corrected chi connectivity index (χ0v) is 22.8. The van der Waals surface area contributed by atoms with E-state index in [1.54, 1.807) is 6.92 Å². The average molecular weight is 551 g/mol. The predicted molar refractivity (Wildman–Crippen MR) is 147 cm³/mol. The van der Waals surface area contributed by atoms with E-state index in [1.807, 2.05) is 91.0 Å². The maximum atomic E-state index is 12.3. The average Bonchev–Trinajstić information content (AvgIpc) is 2.99. The van der Waals surface area contributed by atoms with Crippen molar-refractivity contribution < 1.29 is 39.0 Å². The van der Waals surface area contributed by atoms with Crippen molar-refractivity contribution in [1.82, 2.24) is 0 Å². The zero-order chi connectivity index (χ0) is 28.2. The molecular weight excluding hydrogens is 512 g/mol. The number of hydrogen-bond donors (Lipinski definition) is 3. The largest absolute Gasteiger partial charge is 0.387 e. The van der Waals surface area contributed by atoms with Crippen LogP contribution in [0, 0.1) is 0 Å². The predicted octanol–water partition coefficient (Wildman–Crippen LogP) is 3.36. The molecule has 2 aliphatic rings. The van der Waals surface area contributed by atoms with Gasteiger partial charge >= 0.3 is 0 Å². The summed E-state index contributed by atoms with van der Waals surface area (Å²) in [5.41, 5.74) is -0.688. The molecule has 0 aromatic heterocycles. The Bertz CT molecular complexity index is 1200. The minimum Gasteiger partial charge on any atom is -0.387 e. The number of methoxy groups -OCH3 is 1. The van der Waals surface area contributed by atoms with Crippen LogP contribution < -0.4 is 0 Å². The second kappa shape index (κ2) is 12.5. The highest BCUT2D eigenvalue weighted by molar-refractivity contribution is 5.21. The van der Waals surface area contributed by atoms with Gasteiger partial charge in [0, 0.05) is 13.5 Å². The SMILES string of the molecule is CO[C@H]1O[C@@H]2C[C@H](OCc3ccccc3)[C@@](C)(OCc3ccccc3)[C@H](O)[C@@]2(O)[C@H](OCc2ccccc2)[C@H]1O. The molecule has 214 valence electrons. The van der Waals surface area contributed by atoms with Crippen molar-refractivity contribution in [2.75, 3.05) is 7.11 Å². The Morgan fingerprint density at radius 3 is 1.80 bits per heavy atom. The van der Waals surface area contributed by atoms with E-state index >= 15 is 0 Å². The number of aliphatic hydroxyl groups is 3. The van der Waals surface area contributed by atoms with Crippen LogP contribution in [0.3, 0.4) is 0 Å². The molecule has 8 atom stereocenters. The number of ether oxygens (including phenoxy) is 5. The molecule has 3 N–H and O–H groups in total. The first-order valence-electron chi connectivity index (χ1n) is 13.6. The van der Waals surface area contributed by atoms with E-state index in [0.29, 0.717) is 0 Å². The smallest absolute Gasteiger partial charge is 0.186 e. The fourth-order valence-electron chi connectivity index (χ4n) is 5.77. The van der Waals surface area contributed by atoms with E-state index in [4.69, 9.17) is 23.7 Å². The number of benzene rings is 3. The maximum Gasteiger partial charge on any atom is 0.186 e. The van der Waals surface area contributed by atoms with Crippen LogP contribution in [-0.2, 0) is 43.5 Å². The molecule has 1 saturated carbocycles. The topological polar surface area (TPSA) is 107 Å². The summed E-state index contributed by atoms with van der Waals surface area (Å²) in [5, 5.41) is 35.5. The molecule has 0 spiro atoms. The summed E-state index contributed by atoms with van der Waals surface area (Å²) in [6.07, 6.45) is -6.68. The lowest BCUT2D eigenvalue weighted by atomic mass is 9.65.